The van der Waals surface area contributed by atoms with Gasteiger partial charge in [0.05, 0.1) is 43.1 Å². The van der Waals surface area contributed by atoms with Crippen molar-refractivity contribution in [1.29, 1.82) is 0 Å². The fraction of sp³-hybridized carbons (Fsp3) is 0.964. The second-order valence-corrected chi connectivity index (χ2v) is 14.0. The molecule has 19 N–H and O–H groups in total. The Morgan fingerprint density at radius 1 is 0.891 bits per heavy atom. The molecule has 0 spiro atoms. The number of hydrogen-bond donors (Lipinski definition) is 14. The third-order valence-electron chi connectivity index (χ3n) is 10.6. The Bertz CT molecular complexity index is 1050. The van der Waals surface area contributed by atoms with Crippen molar-refractivity contribution >= 4 is 5.91 Å². The fourth-order valence-electron chi connectivity index (χ4n) is 7.46. The molecule has 17 atom stereocenters. The van der Waals surface area contributed by atoms with Crippen LogP contribution >= 0.6 is 0 Å². The van der Waals surface area contributed by atoms with Crippen LogP contribution in [0.2, 0.25) is 0 Å². The topological polar surface area (TPSA) is 341 Å². The smallest absolute Gasteiger partial charge is 0.253 e. The van der Waals surface area contributed by atoms with E-state index in [-0.39, 0.29) is 37.8 Å². The first-order chi connectivity index (χ1) is 21.7. The van der Waals surface area contributed by atoms with Gasteiger partial charge in [0.25, 0.3) is 5.91 Å². The highest BCUT2D eigenvalue weighted by molar-refractivity contribution is 5.89. The molecule has 18 heteroatoms. The van der Waals surface area contributed by atoms with Crippen LogP contribution in [-0.4, -0.2) is 164 Å². The van der Waals surface area contributed by atoms with Gasteiger partial charge in [-0.2, -0.15) is 0 Å². The number of nitrogens with two attached hydrogens (primary N) is 5. The predicted octanol–water partition coefficient (Wildman–Crippen LogP) is -7.67. The molecule has 0 radical (unpaired) electrons. The van der Waals surface area contributed by atoms with E-state index < -0.39 is 115 Å². The molecule has 3 aliphatic carbocycles. The van der Waals surface area contributed by atoms with Crippen LogP contribution in [-0.2, 0) is 19.0 Å². The normalized spacial score (nSPS) is 52.8. The summed E-state index contributed by atoms with van der Waals surface area (Å²) in [6.07, 6.45) is -11.4. The molecule has 0 bridgehead atoms. The van der Waals surface area contributed by atoms with Crippen molar-refractivity contribution < 1.29 is 54.8 Å². The average Bonchev–Trinajstić information content (AvgIpc) is 3.65. The summed E-state index contributed by atoms with van der Waals surface area (Å²) in [6.45, 7) is -0.315. The van der Waals surface area contributed by atoms with Crippen LogP contribution in [0.4, 0.5) is 0 Å². The molecule has 2 heterocycles. The summed E-state index contributed by atoms with van der Waals surface area (Å²) < 4.78 is 18.0. The van der Waals surface area contributed by atoms with E-state index in [9.17, 15) is 40.5 Å². The Balaban J connectivity index is 1.43. The lowest BCUT2D eigenvalue weighted by Crippen LogP contribution is -2.69. The minimum atomic E-state index is -1.75. The van der Waals surface area contributed by atoms with Gasteiger partial charge in [0, 0.05) is 43.1 Å². The van der Waals surface area contributed by atoms with Crippen LogP contribution < -0.4 is 39.3 Å². The van der Waals surface area contributed by atoms with E-state index >= 15 is 0 Å². The zero-order valence-corrected chi connectivity index (χ0v) is 25.7. The lowest BCUT2D eigenvalue weighted by molar-refractivity contribution is -0.300. The van der Waals surface area contributed by atoms with E-state index in [0.29, 0.717) is 6.54 Å². The number of rotatable bonds is 10. The number of carbonyl (C=O) groups is 1. The molecule has 1 amide bonds. The summed E-state index contributed by atoms with van der Waals surface area (Å²) in [6, 6.07) is -4.48. The number of carbonyl (C=O) groups excluding carboxylic acids is 1. The van der Waals surface area contributed by atoms with E-state index in [1.54, 1.807) is 0 Å². The lowest BCUT2D eigenvalue weighted by Gasteiger charge is -2.49. The maximum absolute atomic E-state index is 13.0. The van der Waals surface area contributed by atoms with Crippen LogP contribution in [0.5, 0.6) is 0 Å². The SMILES string of the molecule is NCC1OC(C2C(N)CC(NC(=O)C3(O)CC3N)CC(OC3OC(CO)C(O)C(N)C3O)C2O)C(NCC2CC(N)C2)C(O)C1O. The van der Waals surface area contributed by atoms with Crippen LogP contribution in [0.3, 0.4) is 0 Å². The van der Waals surface area contributed by atoms with Gasteiger partial charge in [0.1, 0.15) is 30.5 Å². The summed E-state index contributed by atoms with van der Waals surface area (Å²) in [5, 5.41) is 81.5. The number of amides is 1. The van der Waals surface area contributed by atoms with Crippen molar-refractivity contribution in [3.05, 3.63) is 0 Å². The number of ether oxygens (including phenoxy) is 3. The first kappa shape index (κ1) is 36.1. The van der Waals surface area contributed by atoms with Crippen LogP contribution in [0, 0.1) is 11.8 Å². The Kier molecular flexibility index (Phi) is 11.3. The van der Waals surface area contributed by atoms with Gasteiger partial charge in [0.15, 0.2) is 11.9 Å². The fourth-order valence-corrected chi connectivity index (χ4v) is 7.46. The Labute approximate surface area is 266 Å². The van der Waals surface area contributed by atoms with Gasteiger partial charge >= 0.3 is 0 Å². The Morgan fingerprint density at radius 3 is 2.15 bits per heavy atom. The molecule has 266 valence electrons. The average molecular weight is 664 g/mol. The van der Waals surface area contributed by atoms with Crippen molar-refractivity contribution in [2.75, 3.05) is 19.7 Å². The minimum absolute atomic E-state index is 0.0697. The van der Waals surface area contributed by atoms with Gasteiger partial charge in [0.2, 0.25) is 0 Å². The molecule has 46 heavy (non-hydrogen) atoms. The quantitative estimate of drug-likeness (QED) is 0.0965. The Hall–Kier alpha value is -1.17. The van der Waals surface area contributed by atoms with Crippen molar-refractivity contribution in [2.45, 2.75) is 135 Å². The summed E-state index contributed by atoms with van der Waals surface area (Å²) in [7, 11) is 0. The third kappa shape index (κ3) is 7.09. The Morgan fingerprint density at radius 2 is 1.57 bits per heavy atom. The highest BCUT2D eigenvalue weighted by Crippen LogP contribution is 2.38. The largest absolute Gasteiger partial charge is 0.394 e. The van der Waals surface area contributed by atoms with Crippen LogP contribution in [0.1, 0.15) is 32.1 Å². The zero-order chi connectivity index (χ0) is 33.7. The third-order valence-corrected chi connectivity index (χ3v) is 10.6. The van der Waals surface area contributed by atoms with Crippen LogP contribution in [0.25, 0.3) is 0 Å². The van der Waals surface area contributed by atoms with Crippen molar-refractivity contribution in [3.8, 4) is 0 Å². The second kappa shape index (κ2) is 14.4. The maximum atomic E-state index is 13.0. The van der Waals surface area contributed by atoms with Gasteiger partial charge in [-0.15, -0.1) is 0 Å². The van der Waals surface area contributed by atoms with Gasteiger partial charge in [-0.1, -0.05) is 0 Å². The zero-order valence-electron chi connectivity index (χ0n) is 25.7. The summed E-state index contributed by atoms with van der Waals surface area (Å²) >= 11 is 0. The molecule has 2 saturated heterocycles. The van der Waals surface area contributed by atoms with Gasteiger partial charge in [-0.25, -0.2) is 0 Å². The van der Waals surface area contributed by atoms with E-state index in [4.69, 9.17) is 42.9 Å². The van der Waals surface area contributed by atoms with E-state index in [0.717, 1.165) is 12.8 Å². The number of nitrogens with one attached hydrogen (secondary N) is 2. The first-order valence-electron chi connectivity index (χ1n) is 16.2. The molecule has 0 aromatic carbocycles. The van der Waals surface area contributed by atoms with Crippen molar-refractivity contribution in [1.82, 2.24) is 10.6 Å². The molecule has 5 aliphatic rings. The van der Waals surface area contributed by atoms with Crippen LogP contribution in [0.15, 0.2) is 0 Å². The molecule has 2 aliphatic heterocycles. The number of hydrogen-bond acceptors (Lipinski definition) is 17. The summed E-state index contributed by atoms with van der Waals surface area (Å²) in [5.41, 5.74) is 28.6. The molecule has 5 fully saturated rings. The van der Waals surface area contributed by atoms with Gasteiger partial charge in [-0.05, 0) is 38.1 Å². The number of aliphatic hydroxyl groups is 7. The highest BCUT2D eigenvalue weighted by Gasteiger charge is 2.58. The second-order valence-electron chi connectivity index (χ2n) is 14.0. The van der Waals surface area contributed by atoms with Crippen molar-refractivity contribution in [2.24, 2.45) is 40.5 Å². The van der Waals surface area contributed by atoms with E-state index in [1.807, 2.05) is 0 Å². The minimum Gasteiger partial charge on any atom is -0.394 e. The predicted molar refractivity (Wildman–Crippen MR) is 159 cm³/mol. The number of aliphatic hydroxyl groups excluding tert-OH is 6. The highest BCUT2D eigenvalue weighted by atomic mass is 16.7. The summed E-state index contributed by atoms with van der Waals surface area (Å²) in [5.74, 6) is -1.47. The monoisotopic (exact) mass is 663 g/mol. The van der Waals surface area contributed by atoms with Crippen molar-refractivity contribution in [3.63, 3.8) is 0 Å². The summed E-state index contributed by atoms with van der Waals surface area (Å²) in [4.78, 5) is 13.0. The molecule has 0 aromatic rings. The lowest BCUT2D eigenvalue weighted by atomic mass is 9.77. The standard InChI is InChI=1S/C28H53N7O11/c29-6-14-22(39)24(41)19(34-7-9-1-10(30)2-9)25(44-14)17-12(31)3-11(35-27(42)28(43)5-16(28)32)4-13(20(17)37)45-26-23(40)18(33)21(38)15(8-36)46-26/h9-26,34,36-41,43H,1-8,29-33H2,(H,35,42). The maximum Gasteiger partial charge on any atom is 0.253 e. The van der Waals surface area contributed by atoms with Gasteiger partial charge < -0.3 is 89.3 Å². The molecule has 3 saturated carbocycles. The molecule has 5 rings (SSSR count). The van der Waals surface area contributed by atoms with E-state index in [2.05, 4.69) is 10.6 Å². The molecule has 17 unspecified atom stereocenters. The van der Waals surface area contributed by atoms with Gasteiger partial charge in [-0.3, -0.25) is 4.79 Å². The molecule has 0 aromatic heterocycles. The molecular weight excluding hydrogens is 610 g/mol. The molecular formula is C28H53N7O11. The van der Waals surface area contributed by atoms with E-state index in [1.165, 1.54) is 0 Å². The first-order valence-corrected chi connectivity index (χ1v) is 16.2. The molecule has 18 nitrogen and oxygen atoms in total.